The first-order valence-electron chi connectivity index (χ1n) is 20.5. The number of hydrogen-bond donors (Lipinski definition) is 0. The van der Waals surface area contributed by atoms with Crippen molar-refractivity contribution in [2.45, 2.75) is 19.3 Å². The molecule has 3 heteroatoms. The number of para-hydroxylation sites is 1. The summed E-state index contributed by atoms with van der Waals surface area (Å²) in [6.07, 6.45) is 0. The van der Waals surface area contributed by atoms with Crippen LogP contribution in [0.25, 0.3) is 77.1 Å². The number of aromatic nitrogens is 1. The Hall–Kier alpha value is -7.10. The van der Waals surface area contributed by atoms with E-state index in [1.54, 1.807) is 0 Å². The van der Waals surface area contributed by atoms with E-state index in [9.17, 15) is 0 Å². The Kier molecular flexibility index (Phi) is 6.35. The van der Waals surface area contributed by atoms with Crippen LogP contribution in [0, 0.1) is 0 Å². The van der Waals surface area contributed by atoms with Crippen molar-refractivity contribution in [3.8, 4) is 44.5 Å². The molecule has 0 radical (unpaired) electrons. The minimum absolute atomic E-state index is 0.0515. The van der Waals surface area contributed by atoms with Crippen molar-refractivity contribution in [2.24, 2.45) is 0 Å². The van der Waals surface area contributed by atoms with Gasteiger partial charge >= 0.3 is 6.85 Å². The Balaban J connectivity index is 1.20. The lowest BCUT2D eigenvalue weighted by Gasteiger charge is -2.42. The van der Waals surface area contributed by atoms with Crippen molar-refractivity contribution >= 4 is 67.4 Å². The average Bonchev–Trinajstić information content (AvgIpc) is 3.74. The molecule has 0 atom stereocenters. The van der Waals surface area contributed by atoms with Crippen LogP contribution in [0.4, 0.5) is 17.1 Å². The van der Waals surface area contributed by atoms with Crippen molar-refractivity contribution in [1.29, 1.82) is 0 Å². The first-order chi connectivity index (χ1) is 28.6. The van der Waals surface area contributed by atoms with Gasteiger partial charge in [-0.05, 0) is 102 Å². The second kappa shape index (κ2) is 11.5. The van der Waals surface area contributed by atoms with Gasteiger partial charge in [0.1, 0.15) is 0 Å². The third kappa shape index (κ3) is 4.13. The van der Waals surface area contributed by atoms with E-state index < -0.39 is 0 Å². The Morgan fingerprint density at radius 1 is 0.483 bits per heavy atom. The van der Waals surface area contributed by atoms with Gasteiger partial charge in [-0.2, -0.15) is 0 Å². The predicted octanol–water partition coefficient (Wildman–Crippen LogP) is 13.0. The van der Waals surface area contributed by atoms with E-state index in [1.807, 2.05) is 0 Å². The van der Waals surface area contributed by atoms with E-state index in [-0.39, 0.29) is 12.3 Å². The van der Waals surface area contributed by atoms with Crippen LogP contribution in [0.15, 0.2) is 188 Å². The smallest absolute Gasteiger partial charge is 0.333 e. The van der Waals surface area contributed by atoms with Gasteiger partial charge in [-0.25, -0.2) is 0 Å². The molecule has 2 aliphatic heterocycles. The zero-order valence-corrected chi connectivity index (χ0v) is 32.4. The van der Waals surface area contributed by atoms with Crippen LogP contribution in [0.1, 0.15) is 25.0 Å². The van der Waals surface area contributed by atoms with Gasteiger partial charge < -0.3 is 9.38 Å². The summed E-state index contributed by atoms with van der Waals surface area (Å²) < 4.78 is 2.71. The molecular formula is C55H37BN2. The second-order valence-electron chi connectivity index (χ2n) is 16.8. The molecule has 9 aromatic carbocycles. The van der Waals surface area contributed by atoms with E-state index in [1.165, 1.54) is 111 Å². The molecule has 3 aliphatic rings. The molecule has 3 heterocycles. The number of rotatable bonds is 3. The number of nitrogens with zero attached hydrogens (tertiary/aromatic N) is 2. The molecule has 0 saturated carbocycles. The Morgan fingerprint density at radius 2 is 1.14 bits per heavy atom. The largest absolute Gasteiger partial charge is 0.375 e. The lowest BCUT2D eigenvalue weighted by Crippen LogP contribution is -2.57. The highest BCUT2D eigenvalue weighted by Crippen LogP contribution is 2.57. The van der Waals surface area contributed by atoms with Gasteiger partial charge in [0.15, 0.2) is 0 Å². The van der Waals surface area contributed by atoms with Gasteiger partial charge in [-0.15, -0.1) is 0 Å². The fourth-order valence-electron chi connectivity index (χ4n) is 11.1. The van der Waals surface area contributed by atoms with Crippen molar-refractivity contribution in [3.63, 3.8) is 0 Å². The van der Waals surface area contributed by atoms with Gasteiger partial charge in [0, 0.05) is 49.8 Å². The van der Waals surface area contributed by atoms with E-state index in [0.29, 0.717) is 0 Å². The van der Waals surface area contributed by atoms with E-state index in [0.717, 1.165) is 5.69 Å². The molecular weight excluding hydrogens is 699 g/mol. The molecule has 0 N–H and O–H groups in total. The minimum atomic E-state index is -0.196. The van der Waals surface area contributed by atoms with Crippen LogP contribution in [0.3, 0.4) is 0 Å². The van der Waals surface area contributed by atoms with Crippen LogP contribution >= 0.6 is 0 Å². The number of fused-ring (bicyclic) bond motifs is 13. The maximum absolute atomic E-state index is 2.71. The summed E-state index contributed by atoms with van der Waals surface area (Å²) >= 11 is 0. The summed E-state index contributed by atoms with van der Waals surface area (Å²) in [7, 11) is 0. The molecule has 58 heavy (non-hydrogen) atoms. The second-order valence-corrected chi connectivity index (χ2v) is 16.8. The zero-order valence-electron chi connectivity index (χ0n) is 32.4. The van der Waals surface area contributed by atoms with Crippen LogP contribution in [0.5, 0.6) is 0 Å². The summed E-state index contributed by atoms with van der Waals surface area (Å²) in [6, 6.07) is 70.4. The van der Waals surface area contributed by atoms with Crippen LogP contribution in [-0.4, -0.2) is 11.3 Å². The summed E-state index contributed by atoms with van der Waals surface area (Å²) in [4.78, 5) is 2.56. The molecule has 1 aromatic heterocycles. The number of benzene rings is 9. The Labute approximate surface area is 338 Å². The SMILES string of the molecule is CC1(C)c2ccccc2-c2cc3c4c(c21)-c1cccc2c5c6ccccc6ccc5n(c12)B4c1cc(-c2ccccc2)ccc1N3c1ccc(-c2ccccc2)cc1. The van der Waals surface area contributed by atoms with E-state index in [4.69, 9.17) is 0 Å². The van der Waals surface area contributed by atoms with Crippen LogP contribution in [-0.2, 0) is 5.41 Å². The minimum Gasteiger partial charge on any atom is -0.375 e. The molecule has 0 fully saturated rings. The van der Waals surface area contributed by atoms with Crippen molar-refractivity contribution in [3.05, 3.63) is 199 Å². The molecule has 13 rings (SSSR count). The van der Waals surface area contributed by atoms with Gasteiger partial charge in [0.05, 0.1) is 0 Å². The topological polar surface area (TPSA) is 8.17 Å². The first kappa shape index (κ1) is 32.0. The lowest BCUT2D eigenvalue weighted by molar-refractivity contribution is 0.662. The summed E-state index contributed by atoms with van der Waals surface area (Å²) in [6.45, 7) is 4.83. The van der Waals surface area contributed by atoms with Gasteiger partial charge in [-0.1, -0.05) is 172 Å². The zero-order chi connectivity index (χ0) is 38.3. The Morgan fingerprint density at radius 3 is 1.95 bits per heavy atom. The number of anilines is 3. The maximum Gasteiger partial charge on any atom is 0.333 e. The van der Waals surface area contributed by atoms with Crippen molar-refractivity contribution < 1.29 is 0 Å². The molecule has 0 bridgehead atoms. The lowest BCUT2D eigenvalue weighted by atomic mass is 9.44. The average molecular weight is 737 g/mol. The summed E-state index contributed by atoms with van der Waals surface area (Å²) in [5, 5.41) is 5.24. The van der Waals surface area contributed by atoms with Gasteiger partial charge in [0.2, 0.25) is 0 Å². The third-order valence-corrected chi connectivity index (χ3v) is 13.5. The van der Waals surface area contributed by atoms with Crippen LogP contribution < -0.4 is 15.8 Å². The molecule has 0 spiro atoms. The summed E-state index contributed by atoms with van der Waals surface area (Å²) in [5.74, 6) is 0. The van der Waals surface area contributed by atoms with Gasteiger partial charge in [0.25, 0.3) is 0 Å². The molecule has 10 aromatic rings. The van der Waals surface area contributed by atoms with Crippen LogP contribution in [0.2, 0.25) is 0 Å². The highest BCUT2D eigenvalue weighted by molar-refractivity contribution is 6.90. The fourth-order valence-corrected chi connectivity index (χ4v) is 11.1. The van der Waals surface area contributed by atoms with E-state index >= 15 is 0 Å². The highest BCUT2D eigenvalue weighted by atomic mass is 15.2. The maximum atomic E-state index is 2.71. The quantitative estimate of drug-likeness (QED) is 0.164. The Bertz CT molecular complexity index is 3360. The molecule has 0 saturated heterocycles. The summed E-state index contributed by atoms with van der Waals surface area (Å²) in [5.41, 5.74) is 21.9. The van der Waals surface area contributed by atoms with Crippen molar-refractivity contribution in [2.75, 3.05) is 4.90 Å². The first-order valence-corrected chi connectivity index (χ1v) is 20.5. The molecule has 0 amide bonds. The third-order valence-electron chi connectivity index (χ3n) is 13.5. The van der Waals surface area contributed by atoms with Gasteiger partial charge in [-0.3, -0.25) is 0 Å². The molecule has 1 aliphatic carbocycles. The van der Waals surface area contributed by atoms with E-state index in [2.05, 4.69) is 211 Å². The fraction of sp³-hybridized carbons (Fsp3) is 0.0545. The standard InChI is InChI=1S/C55H37BN2/c1-55(2)45-23-12-11-20-41(45)44-33-49-53-51(52(44)55)43-22-13-21-42-50-40-19-10-9-18-37(40)26-31-48(50)58(54(42)43)56(53)46-32-38(35-16-7-4-8-17-35)27-30-47(46)57(49)39-28-24-36(25-29-39)34-14-5-3-6-15-34/h3-33H,1-2H3. The monoisotopic (exact) mass is 736 g/mol. The molecule has 0 unspecified atom stereocenters. The molecule has 270 valence electrons. The number of hydrogen-bond acceptors (Lipinski definition) is 1. The highest BCUT2D eigenvalue weighted by Gasteiger charge is 2.48. The normalized spacial score (nSPS) is 14.1. The molecule has 2 nitrogen and oxygen atoms in total. The van der Waals surface area contributed by atoms with Crippen molar-refractivity contribution in [1.82, 2.24) is 4.48 Å². The predicted molar refractivity (Wildman–Crippen MR) is 246 cm³/mol.